The fourth-order valence-corrected chi connectivity index (χ4v) is 2.58. The minimum absolute atomic E-state index is 0.0504. The summed E-state index contributed by atoms with van der Waals surface area (Å²) in [5, 5.41) is 3.42. The Morgan fingerprint density at radius 1 is 1.35 bits per heavy atom. The van der Waals surface area contributed by atoms with E-state index in [1.807, 2.05) is 0 Å². The fraction of sp³-hybridized carbons (Fsp3) is 0.571. The van der Waals surface area contributed by atoms with Crippen LogP contribution < -0.4 is 5.32 Å². The van der Waals surface area contributed by atoms with Gasteiger partial charge < -0.3 is 10.1 Å². The Labute approximate surface area is 108 Å². The Kier molecular flexibility index (Phi) is 4.84. The predicted molar refractivity (Wildman–Crippen MR) is 71.7 cm³/mol. The number of methoxy groups -OCH3 is 1. The standard InChI is InChI=1S/C14H20ClNO/c1-17-10-14(15)9-16-8-11-5-6-12-3-2-4-13(12)7-11/h5-7,14,16H,2-4,8-10H2,1H3. The van der Waals surface area contributed by atoms with Crippen LogP contribution in [0.5, 0.6) is 0 Å². The summed E-state index contributed by atoms with van der Waals surface area (Å²) in [5.74, 6) is 0. The van der Waals surface area contributed by atoms with E-state index in [4.69, 9.17) is 16.3 Å². The molecule has 0 saturated heterocycles. The average molecular weight is 254 g/mol. The highest BCUT2D eigenvalue weighted by atomic mass is 35.5. The van der Waals surface area contributed by atoms with Crippen LogP contribution in [0.3, 0.4) is 0 Å². The number of halogens is 1. The van der Waals surface area contributed by atoms with Crippen LogP contribution in [-0.2, 0) is 24.1 Å². The molecule has 1 aromatic rings. The Hall–Kier alpha value is -0.570. The smallest absolute Gasteiger partial charge is 0.0694 e. The lowest BCUT2D eigenvalue weighted by Gasteiger charge is -2.10. The van der Waals surface area contributed by atoms with E-state index in [0.29, 0.717) is 6.61 Å². The highest BCUT2D eigenvalue weighted by Gasteiger charge is 2.10. The normalized spacial score (nSPS) is 15.9. The minimum Gasteiger partial charge on any atom is -0.383 e. The Balaban J connectivity index is 1.79. The molecular weight excluding hydrogens is 234 g/mol. The first-order valence-corrected chi connectivity index (χ1v) is 6.67. The van der Waals surface area contributed by atoms with Crippen LogP contribution in [0.25, 0.3) is 0 Å². The van der Waals surface area contributed by atoms with Gasteiger partial charge in [-0.1, -0.05) is 18.2 Å². The molecule has 3 heteroatoms. The van der Waals surface area contributed by atoms with Crippen molar-refractivity contribution in [1.29, 1.82) is 0 Å². The highest BCUT2D eigenvalue weighted by Crippen LogP contribution is 2.22. The first kappa shape index (κ1) is 12.9. The van der Waals surface area contributed by atoms with Gasteiger partial charge in [-0.15, -0.1) is 11.6 Å². The summed E-state index contributed by atoms with van der Waals surface area (Å²) in [7, 11) is 1.68. The second-order valence-electron chi connectivity index (χ2n) is 4.64. The molecule has 0 fully saturated rings. The molecule has 0 spiro atoms. The molecule has 17 heavy (non-hydrogen) atoms. The van der Waals surface area contributed by atoms with E-state index < -0.39 is 0 Å². The summed E-state index contributed by atoms with van der Waals surface area (Å²) >= 11 is 6.05. The van der Waals surface area contributed by atoms with Gasteiger partial charge in [0, 0.05) is 20.2 Å². The Morgan fingerprint density at radius 2 is 2.18 bits per heavy atom. The molecule has 2 rings (SSSR count). The van der Waals surface area contributed by atoms with Crippen LogP contribution in [0.15, 0.2) is 18.2 Å². The van der Waals surface area contributed by atoms with Crippen molar-refractivity contribution in [2.45, 2.75) is 31.2 Å². The van der Waals surface area contributed by atoms with Gasteiger partial charge in [0.2, 0.25) is 0 Å². The van der Waals surface area contributed by atoms with E-state index in [1.165, 1.54) is 36.0 Å². The number of hydrogen-bond acceptors (Lipinski definition) is 2. The first-order chi connectivity index (χ1) is 8.29. The molecule has 0 heterocycles. The molecule has 0 saturated carbocycles. The molecule has 2 nitrogen and oxygen atoms in total. The van der Waals surface area contributed by atoms with Gasteiger partial charge in [0.25, 0.3) is 0 Å². The molecule has 94 valence electrons. The molecule has 1 N–H and O–H groups in total. The van der Waals surface area contributed by atoms with Crippen LogP contribution >= 0.6 is 11.6 Å². The van der Waals surface area contributed by atoms with Gasteiger partial charge in [-0.3, -0.25) is 0 Å². The van der Waals surface area contributed by atoms with E-state index in [9.17, 15) is 0 Å². The SMILES string of the molecule is COCC(Cl)CNCc1ccc2c(c1)CCC2. The molecular formula is C14H20ClNO. The first-order valence-electron chi connectivity index (χ1n) is 6.24. The van der Waals surface area contributed by atoms with E-state index in [0.717, 1.165) is 13.1 Å². The Bertz CT molecular complexity index is 367. The van der Waals surface area contributed by atoms with Gasteiger partial charge in [-0.2, -0.15) is 0 Å². The van der Waals surface area contributed by atoms with E-state index in [2.05, 4.69) is 23.5 Å². The zero-order valence-corrected chi connectivity index (χ0v) is 11.1. The van der Waals surface area contributed by atoms with Gasteiger partial charge in [0.1, 0.15) is 0 Å². The summed E-state index contributed by atoms with van der Waals surface area (Å²) in [6.07, 6.45) is 3.80. The number of alkyl halides is 1. The largest absolute Gasteiger partial charge is 0.383 e. The van der Waals surface area contributed by atoms with Crippen molar-refractivity contribution in [2.75, 3.05) is 20.3 Å². The topological polar surface area (TPSA) is 21.3 Å². The molecule has 1 aromatic carbocycles. The second kappa shape index (κ2) is 6.39. The van der Waals surface area contributed by atoms with Crippen LogP contribution in [0.4, 0.5) is 0 Å². The maximum atomic E-state index is 6.05. The van der Waals surface area contributed by atoms with Crippen molar-refractivity contribution in [3.8, 4) is 0 Å². The molecule has 0 amide bonds. The van der Waals surface area contributed by atoms with Gasteiger partial charge in [-0.05, 0) is 36.0 Å². The van der Waals surface area contributed by atoms with Crippen LogP contribution in [0.1, 0.15) is 23.1 Å². The van der Waals surface area contributed by atoms with E-state index in [1.54, 1.807) is 7.11 Å². The summed E-state index contributed by atoms with van der Waals surface area (Å²) in [5.41, 5.74) is 4.42. The van der Waals surface area contributed by atoms with Gasteiger partial charge in [0.05, 0.1) is 12.0 Å². The van der Waals surface area contributed by atoms with Crippen molar-refractivity contribution < 1.29 is 4.74 Å². The molecule has 1 unspecified atom stereocenters. The van der Waals surface area contributed by atoms with Gasteiger partial charge in [-0.25, -0.2) is 0 Å². The zero-order chi connectivity index (χ0) is 12.1. The molecule has 0 aliphatic heterocycles. The zero-order valence-electron chi connectivity index (χ0n) is 10.3. The predicted octanol–water partition coefficient (Wildman–Crippen LogP) is 2.52. The summed E-state index contributed by atoms with van der Waals surface area (Å²) in [6.45, 7) is 2.27. The lowest BCUT2D eigenvalue weighted by atomic mass is 10.1. The number of nitrogens with one attached hydrogen (secondary N) is 1. The monoisotopic (exact) mass is 253 g/mol. The van der Waals surface area contributed by atoms with Crippen LogP contribution in [0, 0.1) is 0 Å². The van der Waals surface area contributed by atoms with Crippen molar-refractivity contribution in [2.24, 2.45) is 0 Å². The van der Waals surface area contributed by atoms with Crippen LogP contribution in [-0.4, -0.2) is 25.6 Å². The number of benzene rings is 1. The third-order valence-electron chi connectivity index (χ3n) is 3.21. The number of rotatable bonds is 6. The third-order valence-corrected chi connectivity index (χ3v) is 3.49. The molecule has 0 aromatic heterocycles. The number of ether oxygens (including phenoxy) is 1. The van der Waals surface area contributed by atoms with Crippen molar-refractivity contribution in [3.63, 3.8) is 0 Å². The molecule has 1 aliphatic carbocycles. The maximum absolute atomic E-state index is 6.05. The quantitative estimate of drug-likeness (QED) is 0.787. The minimum atomic E-state index is 0.0504. The van der Waals surface area contributed by atoms with E-state index >= 15 is 0 Å². The molecule has 1 aliphatic rings. The number of fused-ring (bicyclic) bond motifs is 1. The van der Waals surface area contributed by atoms with Crippen molar-refractivity contribution in [3.05, 3.63) is 34.9 Å². The third kappa shape index (κ3) is 3.70. The number of hydrogen-bond donors (Lipinski definition) is 1. The number of aryl methyl sites for hydroxylation is 2. The highest BCUT2D eigenvalue weighted by molar-refractivity contribution is 6.20. The van der Waals surface area contributed by atoms with Crippen molar-refractivity contribution in [1.82, 2.24) is 5.32 Å². The van der Waals surface area contributed by atoms with Gasteiger partial charge in [0.15, 0.2) is 0 Å². The lowest BCUT2D eigenvalue weighted by molar-refractivity contribution is 0.197. The Morgan fingerprint density at radius 3 is 3.00 bits per heavy atom. The summed E-state index contributed by atoms with van der Waals surface area (Å²) in [4.78, 5) is 0. The van der Waals surface area contributed by atoms with Crippen LogP contribution in [0.2, 0.25) is 0 Å². The molecule has 0 radical (unpaired) electrons. The average Bonchev–Trinajstić information content (AvgIpc) is 2.76. The molecule has 1 atom stereocenters. The summed E-state index contributed by atoms with van der Waals surface area (Å²) in [6, 6.07) is 6.82. The van der Waals surface area contributed by atoms with Crippen molar-refractivity contribution >= 4 is 11.6 Å². The fourth-order valence-electron chi connectivity index (χ4n) is 2.35. The second-order valence-corrected chi connectivity index (χ2v) is 5.26. The maximum Gasteiger partial charge on any atom is 0.0694 e. The molecule has 0 bridgehead atoms. The van der Waals surface area contributed by atoms with E-state index in [-0.39, 0.29) is 5.38 Å². The van der Waals surface area contributed by atoms with Gasteiger partial charge >= 0.3 is 0 Å². The lowest BCUT2D eigenvalue weighted by Crippen LogP contribution is -2.25. The summed E-state index contributed by atoms with van der Waals surface area (Å²) < 4.78 is 4.99.